The van der Waals surface area contributed by atoms with E-state index in [-0.39, 0.29) is 5.69 Å². The van der Waals surface area contributed by atoms with Crippen molar-refractivity contribution >= 4 is 28.6 Å². The summed E-state index contributed by atoms with van der Waals surface area (Å²) in [5, 5.41) is 13.3. The molecule has 0 saturated carbocycles. The molecule has 9 heteroatoms. The summed E-state index contributed by atoms with van der Waals surface area (Å²) in [4.78, 5) is 14.7. The zero-order valence-corrected chi connectivity index (χ0v) is 13.8. The van der Waals surface area contributed by atoms with Gasteiger partial charge in [-0.25, -0.2) is 4.98 Å². The lowest BCUT2D eigenvalue weighted by molar-refractivity contribution is -0.384. The molecular formula is C16H8ClF3N2O2S. The van der Waals surface area contributed by atoms with Gasteiger partial charge in [0.1, 0.15) is 5.01 Å². The fourth-order valence-corrected chi connectivity index (χ4v) is 3.27. The molecule has 128 valence electrons. The number of rotatable bonds is 3. The minimum atomic E-state index is -4.40. The van der Waals surface area contributed by atoms with Crippen molar-refractivity contribution in [3.05, 3.63) is 68.5 Å². The van der Waals surface area contributed by atoms with Gasteiger partial charge in [-0.3, -0.25) is 10.1 Å². The van der Waals surface area contributed by atoms with Crippen LogP contribution in [0.3, 0.4) is 0 Å². The van der Waals surface area contributed by atoms with Gasteiger partial charge in [-0.15, -0.1) is 11.3 Å². The smallest absolute Gasteiger partial charge is 0.258 e. The molecule has 0 N–H and O–H groups in total. The average Bonchev–Trinajstić information content (AvgIpc) is 3.04. The molecule has 0 amide bonds. The van der Waals surface area contributed by atoms with Crippen molar-refractivity contribution in [2.45, 2.75) is 6.18 Å². The van der Waals surface area contributed by atoms with E-state index >= 15 is 0 Å². The van der Waals surface area contributed by atoms with Crippen molar-refractivity contribution in [1.29, 1.82) is 0 Å². The minimum Gasteiger partial charge on any atom is -0.258 e. The predicted octanol–water partition coefficient (Wildman–Crippen LogP) is 6.06. The second-order valence-corrected chi connectivity index (χ2v) is 6.30. The van der Waals surface area contributed by atoms with E-state index in [1.807, 2.05) is 0 Å². The summed E-state index contributed by atoms with van der Waals surface area (Å²) in [5.41, 5.74) is 0.520. The fourth-order valence-electron chi connectivity index (χ4n) is 2.15. The molecule has 0 fully saturated rings. The number of nitro groups is 1. The number of aromatic nitrogens is 1. The zero-order valence-electron chi connectivity index (χ0n) is 12.2. The van der Waals surface area contributed by atoms with Crippen molar-refractivity contribution in [3.8, 4) is 21.8 Å². The van der Waals surface area contributed by atoms with Gasteiger partial charge in [-0.05, 0) is 18.2 Å². The van der Waals surface area contributed by atoms with Gasteiger partial charge in [-0.1, -0.05) is 23.7 Å². The number of benzene rings is 2. The predicted molar refractivity (Wildman–Crippen MR) is 89.7 cm³/mol. The van der Waals surface area contributed by atoms with Crippen LogP contribution >= 0.6 is 22.9 Å². The summed E-state index contributed by atoms with van der Waals surface area (Å²) in [5.74, 6) is 0. The van der Waals surface area contributed by atoms with Crippen LogP contribution in [0.1, 0.15) is 5.56 Å². The van der Waals surface area contributed by atoms with E-state index in [1.165, 1.54) is 41.7 Å². The maximum absolute atomic E-state index is 12.6. The zero-order chi connectivity index (χ0) is 18.2. The number of nitro benzene ring substituents is 1. The van der Waals surface area contributed by atoms with E-state index < -0.39 is 16.7 Å². The van der Waals surface area contributed by atoms with E-state index in [4.69, 9.17) is 11.6 Å². The summed E-state index contributed by atoms with van der Waals surface area (Å²) in [6.07, 6.45) is -4.40. The molecule has 3 rings (SSSR count). The van der Waals surface area contributed by atoms with Gasteiger partial charge in [0.25, 0.3) is 5.69 Å². The largest absolute Gasteiger partial charge is 0.416 e. The van der Waals surface area contributed by atoms with Crippen LogP contribution in [0.25, 0.3) is 21.8 Å². The van der Waals surface area contributed by atoms with Crippen LogP contribution in [0.5, 0.6) is 0 Å². The molecule has 2 aromatic carbocycles. The topological polar surface area (TPSA) is 56.0 Å². The summed E-state index contributed by atoms with van der Waals surface area (Å²) >= 11 is 7.28. The van der Waals surface area contributed by atoms with Gasteiger partial charge in [0.15, 0.2) is 0 Å². The third-order valence-electron chi connectivity index (χ3n) is 3.40. The highest BCUT2D eigenvalue weighted by molar-refractivity contribution is 7.13. The minimum absolute atomic E-state index is 0.120. The van der Waals surface area contributed by atoms with E-state index in [9.17, 15) is 23.3 Å². The molecule has 0 aliphatic heterocycles. The van der Waals surface area contributed by atoms with Crippen molar-refractivity contribution in [2.24, 2.45) is 0 Å². The third kappa shape index (κ3) is 3.64. The van der Waals surface area contributed by atoms with Gasteiger partial charge in [-0.2, -0.15) is 13.2 Å². The molecule has 0 aliphatic carbocycles. The molecule has 0 spiro atoms. The van der Waals surface area contributed by atoms with E-state index in [1.54, 1.807) is 5.38 Å². The van der Waals surface area contributed by atoms with E-state index in [2.05, 4.69) is 4.98 Å². The monoisotopic (exact) mass is 384 g/mol. The highest BCUT2D eigenvalue weighted by Crippen LogP contribution is 2.36. The average molecular weight is 385 g/mol. The van der Waals surface area contributed by atoms with Crippen molar-refractivity contribution in [1.82, 2.24) is 4.98 Å². The highest BCUT2D eigenvalue weighted by Gasteiger charge is 2.30. The van der Waals surface area contributed by atoms with Crippen LogP contribution in [0, 0.1) is 10.1 Å². The molecule has 0 atom stereocenters. The summed E-state index contributed by atoms with van der Waals surface area (Å²) in [7, 11) is 0. The Hall–Kier alpha value is -2.45. The first-order valence-corrected chi connectivity index (χ1v) is 8.09. The number of nitrogens with zero attached hydrogens (tertiary/aromatic N) is 2. The SMILES string of the molecule is O=[N+]([O-])c1ccc(Cl)c(-c2nc(-c3ccc(C(F)(F)F)cc3)cs2)c1. The Kier molecular flexibility index (Phi) is 4.49. The Bertz CT molecular complexity index is 939. The van der Waals surface area contributed by atoms with Crippen LogP contribution < -0.4 is 0 Å². The van der Waals surface area contributed by atoms with Gasteiger partial charge >= 0.3 is 6.18 Å². The number of non-ortho nitro benzene ring substituents is 1. The van der Waals surface area contributed by atoms with Crippen LogP contribution in [0.4, 0.5) is 18.9 Å². The molecule has 0 aliphatic rings. The Balaban J connectivity index is 1.96. The normalized spacial score (nSPS) is 11.5. The Morgan fingerprint density at radius 2 is 1.80 bits per heavy atom. The van der Waals surface area contributed by atoms with Crippen molar-refractivity contribution in [3.63, 3.8) is 0 Å². The quantitative estimate of drug-likeness (QED) is 0.407. The summed E-state index contributed by atoms with van der Waals surface area (Å²) in [6.45, 7) is 0. The van der Waals surface area contributed by atoms with Crippen LogP contribution in [0.15, 0.2) is 47.8 Å². The summed E-state index contributed by atoms with van der Waals surface area (Å²) < 4.78 is 37.8. The standard InChI is InChI=1S/C16H8ClF3N2O2S/c17-13-6-5-11(22(23)24)7-12(13)15-21-14(8-25-15)9-1-3-10(4-2-9)16(18,19)20/h1-8H. The molecule has 3 aromatic rings. The van der Waals surface area contributed by atoms with E-state index in [0.717, 1.165) is 12.1 Å². The molecule has 4 nitrogen and oxygen atoms in total. The number of thiazole rings is 1. The van der Waals surface area contributed by atoms with Gasteiger partial charge in [0.05, 0.1) is 21.2 Å². The fraction of sp³-hybridized carbons (Fsp3) is 0.0625. The second kappa shape index (κ2) is 6.45. The highest BCUT2D eigenvalue weighted by atomic mass is 35.5. The molecule has 1 aromatic heterocycles. The lowest BCUT2D eigenvalue weighted by atomic mass is 10.1. The number of halogens is 4. The lowest BCUT2D eigenvalue weighted by Gasteiger charge is -2.06. The molecule has 0 bridgehead atoms. The lowest BCUT2D eigenvalue weighted by Crippen LogP contribution is -2.03. The van der Waals surface area contributed by atoms with Crippen molar-refractivity contribution < 1.29 is 18.1 Å². The van der Waals surface area contributed by atoms with Crippen LogP contribution in [-0.2, 0) is 6.18 Å². The van der Waals surface area contributed by atoms with Crippen molar-refractivity contribution in [2.75, 3.05) is 0 Å². The molecule has 0 radical (unpaired) electrons. The molecule has 0 unspecified atom stereocenters. The molecular weight excluding hydrogens is 377 g/mol. The number of alkyl halides is 3. The van der Waals surface area contributed by atoms with Crippen LogP contribution in [0.2, 0.25) is 5.02 Å². The van der Waals surface area contributed by atoms with Gasteiger partial charge in [0.2, 0.25) is 0 Å². The molecule has 25 heavy (non-hydrogen) atoms. The first-order valence-electron chi connectivity index (χ1n) is 6.83. The number of hydrogen-bond acceptors (Lipinski definition) is 4. The molecule has 1 heterocycles. The maximum atomic E-state index is 12.6. The maximum Gasteiger partial charge on any atom is 0.416 e. The first-order chi connectivity index (χ1) is 11.8. The number of hydrogen-bond donors (Lipinski definition) is 0. The summed E-state index contributed by atoms with van der Waals surface area (Å²) in [6, 6.07) is 8.64. The van der Waals surface area contributed by atoms with E-state index in [0.29, 0.717) is 26.9 Å². The third-order valence-corrected chi connectivity index (χ3v) is 4.61. The Labute approximate surface area is 148 Å². The second-order valence-electron chi connectivity index (χ2n) is 5.03. The van der Waals surface area contributed by atoms with Crippen LogP contribution in [-0.4, -0.2) is 9.91 Å². The van der Waals surface area contributed by atoms with Gasteiger partial charge < -0.3 is 0 Å². The Morgan fingerprint density at radius 3 is 2.40 bits per heavy atom. The first kappa shape index (κ1) is 17.4. The van der Waals surface area contributed by atoms with Gasteiger partial charge in [0, 0.05) is 28.6 Å². The Morgan fingerprint density at radius 1 is 1.12 bits per heavy atom. The molecule has 0 saturated heterocycles.